The average Bonchev–Trinajstić information content (AvgIpc) is 2.28. The van der Waals surface area contributed by atoms with Gasteiger partial charge in [-0.3, -0.25) is 0 Å². The molecule has 1 rings (SSSR count). The van der Waals surface area contributed by atoms with Crippen LogP contribution in [0.25, 0.3) is 0 Å². The molecule has 3 nitrogen and oxygen atoms in total. The SMILES string of the molecule is C[C@@H](O)[C@H](CO)OCc1cccc(C(F)(F)F)c1. The van der Waals surface area contributed by atoms with Gasteiger partial charge in [-0.2, -0.15) is 13.2 Å². The molecule has 0 amide bonds. The molecule has 0 spiro atoms. The molecule has 0 aliphatic heterocycles. The molecule has 2 atom stereocenters. The topological polar surface area (TPSA) is 49.7 Å². The van der Waals surface area contributed by atoms with Crippen molar-refractivity contribution in [3.05, 3.63) is 35.4 Å². The zero-order chi connectivity index (χ0) is 13.8. The summed E-state index contributed by atoms with van der Waals surface area (Å²) in [5.41, 5.74) is -0.412. The lowest BCUT2D eigenvalue weighted by atomic mass is 10.1. The van der Waals surface area contributed by atoms with E-state index in [0.29, 0.717) is 5.56 Å². The number of hydrogen-bond acceptors (Lipinski definition) is 3. The fourth-order valence-electron chi connectivity index (χ4n) is 1.39. The second-order valence-electron chi connectivity index (χ2n) is 3.97. The van der Waals surface area contributed by atoms with E-state index in [1.165, 1.54) is 19.1 Å². The van der Waals surface area contributed by atoms with Crippen molar-refractivity contribution in [1.29, 1.82) is 0 Å². The van der Waals surface area contributed by atoms with Gasteiger partial charge in [-0.1, -0.05) is 12.1 Å². The van der Waals surface area contributed by atoms with E-state index in [-0.39, 0.29) is 6.61 Å². The molecule has 0 unspecified atom stereocenters. The largest absolute Gasteiger partial charge is 0.416 e. The summed E-state index contributed by atoms with van der Waals surface area (Å²) in [6.07, 6.45) is -6.09. The van der Waals surface area contributed by atoms with E-state index >= 15 is 0 Å². The van der Waals surface area contributed by atoms with Gasteiger partial charge in [-0.15, -0.1) is 0 Å². The Morgan fingerprint density at radius 2 is 2.00 bits per heavy atom. The van der Waals surface area contributed by atoms with Crippen LogP contribution in [0.1, 0.15) is 18.1 Å². The molecule has 18 heavy (non-hydrogen) atoms. The van der Waals surface area contributed by atoms with Crippen LogP contribution in [0, 0.1) is 0 Å². The zero-order valence-electron chi connectivity index (χ0n) is 9.81. The summed E-state index contributed by atoms with van der Waals surface area (Å²) in [5, 5.41) is 18.1. The maximum absolute atomic E-state index is 12.4. The van der Waals surface area contributed by atoms with Gasteiger partial charge < -0.3 is 14.9 Å². The van der Waals surface area contributed by atoms with E-state index in [1.807, 2.05) is 0 Å². The van der Waals surface area contributed by atoms with Crippen molar-refractivity contribution >= 4 is 0 Å². The van der Waals surface area contributed by atoms with Crippen LogP contribution < -0.4 is 0 Å². The van der Waals surface area contributed by atoms with Crippen molar-refractivity contribution in [3.8, 4) is 0 Å². The number of rotatable bonds is 5. The third kappa shape index (κ3) is 4.29. The molecule has 0 fully saturated rings. The van der Waals surface area contributed by atoms with Crippen LogP contribution in [-0.2, 0) is 17.5 Å². The van der Waals surface area contributed by atoms with Crippen molar-refractivity contribution in [2.24, 2.45) is 0 Å². The van der Waals surface area contributed by atoms with Gasteiger partial charge in [0, 0.05) is 0 Å². The first-order valence-corrected chi connectivity index (χ1v) is 5.41. The lowest BCUT2D eigenvalue weighted by Crippen LogP contribution is -2.29. The molecule has 0 bridgehead atoms. The van der Waals surface area contributed by atoms with Crippen LogP contribution in [0.5, 0.6) is 0 Å². The van der Waals surface area contributed by atoms with Crippen LogP contribution in [0.15, 0.2) is 24.3 Å². The summed E-state index contributed by atoms with van der Waals surface area (Å²) in [5.74, 6) is 0. The highest BCUT2D eigenvalue weighted by molar-refractivity contribution is 5.25. The molecule has 0 aliphatic carbocycles. The summed E-state index contributed by atoms with van der Waals surface area (Å²) in [7, 11) is 0. The minimum atomic E-state index is -4.39. The highest BCUT2D eigenvalue weighted by atomic mass is 19.4. The number of ether oxygens (including phenoxy) is 1. The van der Waals surface area contributed by atoms with Gasteiger partial charge in [-0.05, 0) is 24.6 Å². The first kappa shape index (κ1) is 14.9. The summed E-state index contributed by atoms with van der Waals surface area (Å²) < 4.78 is 42.5. The van der Waals surface area contributed by atoms with Gasteiger partial charge >= 0.3 is 6.18 Å². The second-order valence-corrected chi connectivity index (χ2v) is 3.97. The number of alkyl halides is 3. The van der Waals surface area contributed by atoms with Gasteiger partial charge in [0.15, 0.2) is 0 Å². The van der Waals surface area contributed by atoms with Gasteiger partial charge in [0.1, 0.15) is 6.10 Å². The molecule has 1 aromatic rings. The maximum atomic E-state index is 12.4. The Hall–Kier alpha value is -1.11. The quantitative estimate of drug-likeness (QED) is 0.854. The Kier molecular flexibility index (Phi) is 5.13. The molecule has 2 N–H and O–H groups in total. The number of benzene rings is 1. The van der Waals surface area contributed by atoms with Crippen molar-refractivity contribution in [2.45, 2.75) is 31.9 Å². The predicted molar refractivity (Wildman–Crippen MR) is 58.8 cm³/mol. The average molecular weight is 264 g/mol. The Labute approximate surface area is 103 Å². The summed E-state index contributed by atoms with van der Waals surface area (Å²) in [6, 6.07) is 4.74. The Bertz CT molecular complexity index is 377. The van der Waals surface area contributed by atoms with Crippen LogP contribution in [0.3, 0.4) is 0 Å². The first-order chi connectivity index (χ1) is 8.34. The van der Waals surface area contributed by atoms with E-state index in [1.54, 1.807) is 0 Å². The molecule has 0 saturated heterocycles. The molecule has 102 valence electrons. The fourth-order valence-corrected chi connectivity index (χ4v) is 1.39. The highest BCUT2D eigenvalue weighted by Crippen LogP contribution is 2.29. The third-order valence-corrected chi connectivity index (χ3v) is 2.44. The van der Waals surface area contributed by atoms with Crippen LogP contribution in [-0.4, -0.2) is 29.0 Å². The van der Waals surface area contributed by atoms with E-state index in [9.17, 15) is 18.3 Å². The highest BCUT2D eigenvalue weighted by Gasteiger charge is 2.30. The molecule has 0 aromatic heterocycles. The van der Waals surface area contributed by atoms with Crippen molar-refractivity contribution in [3.63, 3.8) is 0 Å². The van der Waals surface area contributed by atoms with Gasteiger partial charge in [0.25, 0.3) is 0 Å². The normalized spacial score (nSPS) is 15.4. The van der Waals surface area contributed by atoms with Gasteiger partial charge in [0.05, 0.1) is 24.9 Å². The monoisotopic (exact) mass is 264 g/mol. The maximum Gasteiger partial charge on any atom is 0.416 e. The minimum absolute atomic E-state index is 0.0972. The van der Waals surface area contributed by atoms with Crippen molar-refractivity contribution < 1.29 is 28.1 Å². The second kappa shape index (κ2) is 6.17. The van der Waals surface area contributed by atoms with Crippen molar-refractivity contribution in [2.75, 3.05) is 6.61 Å². The van der Waals surface area contributed by atoms with Gasteiger partial charge in [0.2, 0.25) is 0 Å². The van der Waals surface area contributed by atoms with E-state index < -0.39 is 30.6 Å². The molecule has 1 aromatic carbocycles. The number of halogens is 3. The first-order valence-electron chi connectivity index (χ1n) is 5.41. The molecule has 0 saturated carbocycles. The minimum Gasteiger partial charge on any atom is -0.394 e. The zero-order valence-corrected chi connectivity index (χ0v) is 9.81. The lowest BCUT2D eigenvalue weighted by molar-refractivity contribution is -0.137. The summed E-state index contributed by atoms with van der Waals surface area (Å²) >= 11 is 0. The smallest absolute Gasteiger partial charge is 0.394 e. The third-order valence-electron chi connectivity index (χ3n) is 2.44. The van der Waals surface area contributed by atoms with Crippen LogP contribution in [0.4, 0.5) is 13.2 Å². The van der Waals surface area contributed by atoms with Crippen LogP contribution in [0.2, 0.25) is 0 Å². The van der Waals surface area contributed by atoms with Crippen LogP contribution >= 0.6 is 0 Å². The van der Waals surface area contributed by atoms with Crippen molar-refractivity contribution in [1.82, 2.24) is 0 Å². The standard InChI is InChI=1S/C12H15F3O3/c1-8(17)11(6-16)18-7-9-3-2-4-10(5-9)12(13,14)15/h2-5,8,11,16-17H,6-7H2,1H3/t8-,11+/m1/s1. The molecule has 0 heterocycles. The fraction of sp³-hybridized carbons (Fsp3) is 0.500. The number of aliphatic hydroxyl groups excluding tert-OH is 2. The predicted octanol–water partition coefficient (Wildman–Crippen LogP) is 1.96. The Balaban J connectivity index is 2.68. The molecular weight excluding hydrogens is 249 g/mol. The van der Waals surface area contributed by atoms with E-state index in [2.05, 4.69) is 0 Å². The summed E-state index contributed by atoms with van der Waals surface area (Å²) in [6.45, 7) is 0.948. The molecule has 0 aliphatic rings. The van der Waals surface area contributed by atoms with Gasteiger partial charge in [-0.25, -0.2) is 0 Å². The Morgan fingerprint density at radius 1 is 1.33 bits per heavy atom. The lowest BCUT2D eigenvalue weighted by Gasteiger charge is -2.18. The molecule has 0 radical (unpaired) electrons. The number of hydrogen-bond donors (Lipinski definition) is 2. The molecular formula is C12H15F3O3. The van der Waals surface area contributed by atoms with E-state index in [0.717, 1.165) is 12.1 Å². The Morgan fingerprint density at radius 3 is 2.50 bits per heavy atom. The summed E-state index contributed by atoms with van der Waals surface area (Å²) in [4.78, 5) is 0. The molecule has 6 heteroatoms. The van der Waals surface area contributed by atoms with E-state index in [4.69, 9.17) is 9.84 Å². The number of aliphatic hydroxyl groups is 2.